The zero-order valence-corrected chi connectivity index (χ0v) is 23.6. The maximum absolute atomic E-state index is 9.85. The number of allylic oxidation sites excluding steroid dienone is 1. The summed E-state index contributed by atoms with van der Waals surface area (Å²) in [4.78, 5) is 4.73. The standard InChI is InChI=1S/C33H40B2N2O4/c38-34(39)32-20-10-8-18-30(32)26-36(24-28-14-4-3-5-15-28)22-12-1-2-13-23-37(25-29-16-6-7-17-29)27-31-19-9-11-21-33(31)35(40)41/h3-11,14-16,18-21,38-41H,1-2,12-13,22-27H2. The van der Waals surface area contributed by atoms with Crippen LogP contribution in [0.1, 0.15) is 42.4 Å². The molecule has 0 atom stereocenters. The maximum Gasteiger partial charge on any atom is 0.488 e. The van der Waals surface area contributed by atoms with Gasteiger partial charge < -0.3 is 20.1 Å². The number of hydrogen-bond acceptors (Lipinski definition) is 6. The van der Waals surface area contributed by atoms with Crippen LogP contribution in [-0.4, -0.2) is 63.8 Å². The minimum atomic E-state index is -1.48. The maximum atomic E-state index is 9.85. The fraction of sp³-hybridized carbons (Fsp3) is 0.303. The zero-order valence-electron chi connectivity index (χ0n) is 23.6. The third-order valence-corrected chi connectivity index (χ3v) is 7.46. The second kappa shape index (κ2) is 16.3. The highest BCUT2D eigenvalue weighted by atomic mass is 16.4. The minimum Gasteiger partial charge on any atom is -0.423 e. The Bertz CT molecular complexity index is 1320. The summed E-state index contributed by atoms with van der Waals surface area (Å²) < 4.78 is 0. The lowest BCUT2D eigenvalue weighted by atomic mass is 9.77. The van der Waals surface area contributed by atoms with Gasteiger partial charge in [-0.05, 0) is 65.7 Å². The third-order valence-electron chi connectivity index (χ3n) is 7.46. The molecular weight excluding hydrogens is 510 g/mol. The monoisotopic (exact) mass is 550 g/mol. The van der Waals surface area contributed by atoms with Gasteiger partial charge in [-0.15, -0.1) is 5.73 Å². The van der Waals surface area contributed by atoms with E-state index in [1.54, 1.807) is 12.1 Å². The number of rotatable bonds is 17. The van der Waals surface area contributed by atoms with Crippen molar-refractivity contribution in [3.8, 4) is 0 Å². The molecule has 0 aliphatic heterocycles. The molecule has 6 nitrogen and oxygen atoms in total. The summed E-state index contributed by atoms with van der Waals surface area (Å²) in [5.41, 5.74) is 8.64. The summed E-state index contributed by atoms with van der Waals surface area (Å²) in [5, 5.41) is 39.3. The second-order valence-corrected chi connectivity index (χ2v) is 10.7. The van der Waals surface area contributed by atoms with Crippen molar-refractivity contribution in [2.45, 2.75) is 45.3 Å². The molecule has 41 heavy (non-hydrogen) atoms. The molecular formula is C33H40B2N2O4. The molecule has 0 unspecified atom stereocenters. The van der Waals surface area contributed by atoms with E-state index in [1.807, 2.05) is 54.6 Å². The molecule has 4 rings (SSSR count). The van der Waals surface area contributed by atoms with E-state index >= 15 is 0 Å². The SMILES string of the molecule is OB(O)c1ccccc1CN(CCCCCCN(Cc1ccccc1)Cc1ccccc1B(O)O)CC1=C=CC=C1. The van der Waals surface area contributed by atoms with Crippen LogP contribution < -0.4 is 10.9 Å². The quantitative estimate of drug-likeness (QED) is 0.118. The molecule has 1 aliphatic rings. The van der Waals surface area contributed by atoms with Gasteiger partial charge in [0.1, 0.15) is 0 Å². The van der Waals surface area contributed by atoms with Crippen LogP contribution in [-0.2, 0) is 19.6 Å². The molecule has 0 saturated heterocycles. The normalized spacial score (nSPS) is 12.4. The highest BCUT2D eigenvalue weighted by Crippen LogP contribution is 2.14. The van der Waals surface area contributed by atoms with Gasteiger partial charge >= 0.3 is 14.2 Å². The van der Waals surface area contributed by atoms with Crippen molar-refractivity contribution in [2.75, 3.05) is 19.6 Å². The van der Waals surface area contributed by atoms with E-state index in [4.69, 9.17) is 0 Å². The first kappa shape index (κ1) is 30.8. The van der Waals surface area contributed by atoms with Crippen molar-refractivity contribution < 1.29 is 20.1 Å². The molecule has 0 heterocycles. The first-order chi connectivity index (χ1) is 20.0. The van der Waals surface area contributed by atoms with Crippen LogP contribution in [0.15, 0.2) is 108 Å². The van der Waals surface area contributed by atoms with Crippen molar-refractivity contribution in [3.05, 3.63) is 125 Å². The van der Waals surface area contributed by atoms with Gasteiger partial charge in [0.25, 0.3) is 0 Å². The Morgan fingerprint density at radius 3 is 1.59 bits per heavy atom. The summed E-state index contributed by atoms with van der Waals surface area (Å²) in [7, 11) is -2.96. The Morgan fingerprint density at radius 1 is 0.561 bits per heavy atom. The number of unbranched alkanes of at least 4 members (excludes halogenated alkanes) is 3. The lowest BCUT2D eigenvalue weighted by Gasteiger charge is -2.25. The van der Waals surface area contributed by atoms with Crippen LogP contribution in [0, 0.1) is 0 Å². The highest BCUT2D eigenvalue weighted by molar-refractivity contribution is 6.59. The van der Waals surface area contributed by atoms with Crippen molar-refractivity contribution in [1.29, 1.82) is 0 Å². The first-order valence-electron chi connectivity index (χ1n) is 14.5. The van der Waals surface area contributed by atoms with Crippen LogP contribution >= 0.6 is 0 Å². The molecule has 0 amide bonds. The zero-order chi connectivity index (χ0) is 28.9. The molecule has 8 heteroatoms. The van der Waals surface area contributed by atoms with E-state index in [0.29, 0.717) is 24.0 Å². The summed E-state index contributed by atoms with van der Waals surface area (Å²) in [5.74, 6) is 0. The van der Waals surface area contributed by atoms with Gasteiger partial charge in [0, 0.05) is 31.8 Å². The predicted octanol–water partition coefficient (Wildman–Crippen LogP) is 2.76. The van der Waals surface area contributed by atoms with E-state index in [-0.39, 0.29) is 0 Å². The van der Waals surface area contributed by atoms with Crippen molar-refractivity contribution in [1.82, 2.24) is 9.80 Å². The van der Waals surface area contributed by atoms with Crippen molar-refractivity contribution in [3.63, 3.8) is 0 Å². The number of nitrogens with zero attached hydrogens (tertiary/aromatic N) is 2. The molecule has 0 bridgehead atoms. The fourth-order valence-corrected chi connectivity index (χ4v) is 5.34. The molecule has 1 aliphatic carbocycles. The van der Waals surface area contributed by atoms with Crippen LogP contribution in [0.5, 0.6) is 0 Å². The first-order valence-corrected chi connectivity index (χ1v) is 14.5. The molecule has 3 aromatic carbocycles. The molecule has 0 saturated carbocycles. The van der Waals surface area contributed by atoms with Crippen molar-refractivity contribution in [2.24, 2.45) is 0 Å². The topological polar surface area (TPSA) is 87.4 Å². The van der Waals surface area contributed by atoms with Gasteiger partial charge in [0.15, 0.2) is 0 Å². The lowest BCUT2D eigenvalue weighted by molar-refractivity contribution is 0.247. The average Bonchev–Trinajstić information content (AvgIpc) is 3.48. The van der Waals surface area contributed by atoms with E-state index in [1.165, 1.54) is 5.56 Å². The highest BCUT2D eigenvalue weighted by Gasteiger charge is 2.19. The van der Waals surface area contributed by atoms with Gasteiger partial charge in [-0.25, -0.2) is 0 Å². The molecule has 0 aromatic heterocycles. The Balaban J connectivity index is 1.31. The van der Waals surface area contributed by atoms with Crippen LogP contribution in [0.2, 0.25) is 0 Å². The molecule has 0 spiro atoms. The smallest absolute Gasteiger partial charge is 0.423 e. The Labute approximate surface area is 244 Å². The van der Waals surface area contributed by atoms with E-state index in [2.05, 4.69) is 45.9 Å². The van der Waals surface area contributed by atoms with Gasteiger partial charge in [-0.2, -0.15) is 0 Å². The summed E-state index contributed by atoms with van der Waals surface area (Å²) >= 11 is 0. The Hall–Kier alpha value is -3.19. The van der Waals surface area contributed by atoms with Gasteiger partial charge in [-0.1, -0.05) is 97.8 Å². The van der Waals surface area contributed by atoms with Gasteiger partial charge in [0.2, 0.25) is 0 Å². The van der Waals surface area contributed by atoms with Crippen LogP contribution in [0.3, 0.4) is 0 Å². The molecule has 4 N–H and O–H groups in total. The van der Waals surface area contributed by atoms with Gasteiger partial charge in [-0.3, -0.25) is 9.80 Å². The third kappa shape index (κ3) is 9.99. The molecule has 0 fully saturated rings. The second-order valence-electron chi connectivity index (χ2n) is 10.7. The number of hydrogen-bond donors (Lipinski definition) is 4. The summed E-state index contributed by atoms with van der Waals surface area (Å²) in [6, 6.07) is 25.4. The van der Waals surface area contributed by atoms with E-state index in [0.717, 1.165) is 68.6 Å². The molecule has 212 valence electrons. The lowest BCUT2D eigenvalue weighted by Crippen LogP contribution is -2.36. The summed E-state index contributed by atoms with van der Waals surface area (Å²) in [6.07, 6.45) is 10.3. The number of benzene rings is 3. The average molecular weight is 550 g/mol. The molecule has 3 aromatic rings. The molecule has 0 radical (unpaired) electrons. The van der Waals surface area contributed by atoms with Crippen LogP contribution in [0.25, 0.3) is 0 Å². The van der Waals surface area contributed by atoms with Crippen LogP contribution in [0.4, 0.5) is 0 Å². The largest absolute Gasteiger partial charge is 0.488 e. The fourth-order valence-electron chi connectivity index (χ4n) is 5.34. The Kier molecular flexibility index (Phi) is 12.2. The van der Waals surface area contributed by atoms with E-state index < -0.39 is 14.2 Å². The summed E-state index contributed by atoms with van der Waals surface area (Å²) in [6.45, 7) is 4.69. The predicted molar refractivity (Wildman–Crippen MR) is 168 cm³/mol. The van der Waals surface area contributed by atoms with E-state index in [9.17, 15) is 20.1 Å². The van der Waals surface area contributed by atoms with Gasteiger partial charge in [0.05, 0.1) is 0 Å². The van der Waals surface area contributed by atoms with Crippen molar-refractivity contribution >= 4 is 25.2 Å². The minimum absolute atomic E-state index is 0.554. The Morgan fingerprint density at radius 2 is 1.07 bits per heavy atom.